The summed E-state index contributed by atoms with van der Waals surface area (Å²) < 4.78 is 0. The first-order valence-corrected chi connectivity index (χ1v) is 11.9. The molecule has 1 amide bonds. The SMILES string of the molecule is Cc1ccc(C23C[C@H]4C[C@H](C2)CC(c2csc(NC(=O)C(C)(C)C)n2)(C4)C3)cc1. The molecule has 2 aromatic rings. The molecule has 2 atom stereocenters. The number of carbonyl (C=O) groups is 1. The minimum atomic E-state index is -0.401. The van der Waals surface area contributed by atoms with E-state index in [0.717, 1.165) is 17.0 Å². The molecule has 1 heterocycles. The van der Waals surface area contributed by atoms with Gasteiger partial charge in [-0.1, -0.05) is 50.6 Å². The second kappa shape index (κ2) is 6.41. The van der Waals surface area contributed by atoms with E-state index in [1.165, 1.54) is 55.3 Å². The Hall–Kier alpha value is -1.68. The summed E-state index contributed by atoms with van der Waals surface area (Å²) in [5, 5.41) is 6.04. The second-order valence-electron chi connectivity index (χ2n) is 11.1. The Morgan fingerprint density at radius 2 is 1.69 bits per heavy atom. The number of hydrogen-bond acceptors (Lipinski definition) is 3. The van der Waals surface area contributed by atoms with E-state index in [-0.39, 0.29) is 11.3 Å². The van der Waals surface area contributed by atoms with E-state index in [0.29, 0.717) is 5.41 Å². The zero-order valence-corrected chi connectivity index (χ0v) is 18.9. The summed E-state index contributed by atoms with van der Waals surface area (Å²) in [6, 6.07) is 9.32. The Balaban J connectivity index is 1.47. The fourth-order valence-corrected chi connectivity index (χ4v) is 7.50. The van der Waals surface area contributed by atoms with E-state index in [4.69, 9.17) is 4.98 Å². The largest absolute Gasteiger partial charge is 0.302 e. The van der Waals surface area contributed by atoms with Crippen LogP contribution in [0.3, 0.4) is 0 Å². The van der Waals surface area contributed by atoms with Crippen molar-refractivity contribution in [3.8, 4) is 0 Å². The number of carbonyl (C=O) groups excluding carboxylic acids is 1. The van der Waals surface area contributed by atoms with Crippen molar-refractivity contribution in [1.29, 1.82) is 0 Å². The van der Waals surface area contributed by atoms with E-state index in [1.807, 2.05) is 20.8 Å². The summed E-state index contributed by atoms with van der Waals surface area (Å²) in [4.78, 5) is 17.4. The van der Waals surface area contributed by atoms with Crippen LogP contribution in [0.1, 0.15) is 76.1 Å². The Kier molecular flexibility index (Phi) is 4.26. The van der Waals surface area contributed by atoms with Gasteiger partial charge in [0.25, 0.3) is 0 Å². The summed E-state index contributed by atoms with van der Waals surface area (Å²) >= 11 is 1.60. The maximum absolute atomic E-state index is 12.4. The van der Waals surface area contributed by atoms with Crippen molar-refractivity contribution in [3.63, 3.8) is 0 Å². The number of aromatic nitrogens is 1. The molecule has 1 aromatic carbocycles. The molecule has 29 heavy (non-hydrogen) atoms. The summed E-state index contributed by atoms with van der Waals surface area (Å²) in [6.07, 6.45) is 7.83. The van der Waals surface area contributed by atoms with E-state index < -0.39 is 5.41 Å². The minimum absolute atomic E-state index is 0.0417. The van der Waals surface area contributed by atoms with E-state index in [1.54, 1.807) is 11.3 Å². The lowest BCUT2D eigenvalue weighted by Gasteiger charge is -2.62. The van der Waals surface area contributed by atoms with Crippen LogP contribution < -0.4 is 5.32 Å². The second-order valence-corrected chi connectivity index (χ2v) is 12.0. The number of nitrogens with zero attached hydrogens (tertiary/aromatic N) is 1. The Labute approximate surface area is 178 Å². The molecule has 154 valence electrons. The number of nitrogens with one attached hydrogen (secondary N) is 1. The monoisotopic (exact) mass is 408 g/mol. The molecule has 4 heteroatoms. The van der Waals surface area contributed by atoms with E-state index in [2.05, 4.69) is 41.9 Å². The molecule has 1 N–H and O–H groups in total. The Morgan fingerprint density at radius 1 is 1.07 bits per heavy atom. The van der Waals surface area contributed by atoms with Crippen molar-refractivity contribution in [3.05, 3.63) is 46.5 Å². The van der Waals surface area contributed by atoms with Crippen LogP contribution >= 0.6 is 11.3 Å². The molecular formula is C25H32N2OS. The topological polar surface area (TPSA) is 42.0 Å². The zero-order chi connectivity index (χ0) is 20.4. The Morgan fingerprint density at radius 3 is 2.31 bits per heavy atom. The van der Waals surface area contributed by atoms with Gasteiger partial charge < -0.3 is 5.32 Å². The first kappa shape index (κ1) is 19.3. The van der Waals surface area contributed by atoms with Crippen LogP contribution in [0.2, 0.25) is 0 Å². The van der Waals surface area contributed by atoms with E-state index in [9.17, 15) is 4.79 Å². The number of benzene rings is 1. The molecule has 0 spiro atoms. The average Bonchev–Trinajstić information content (AvgIpc) is 3.10. The molecule has 4 bridgehead atoms. The van der Waals surface area contributed by atoms with Gasteiger partial charge in [0.1, 0.15) is 0 Å². The van der Waals surface area contributed by atoms with Gasteiger partial charge >= 0.3 is 0 Å². The fraction of sp³-hybridized carbons (Fsp3) is 0.600. The molecule has 3 nitrogen and oxygen atoms in total. The molecular weight excluding hydrogens is 376 g/mol. The molecule has 1 aromatic heterocycles. The number of aryl methyl sites for hydroxylation is 1. The van der Waals surface area contributed by atoms with Gasteiger partial charge in [0, 0.05) is 16.2 Å². The van der Waals surface area contributed by atoms with Gasteiger partial charge in [-0.2, -0.15) is 0 Å². The van der Waals surface area contributed by atoms with Crippen LogP contribution in [-0.4, -0.2) is 10.9 Å². The lowest BCUT2D eigenvalue weighted by Crippen LogP contribution is -2.56. The molecule has 4 aliphatic rings. The van der Waals surface area contributed by atoms with Crippen molar-refractivity contribution in [1.82, 2.24) is 4.98 Å². The van der Waals surface area contributed by atoms with Crippen molar-refractivity contribution in [2.24, 2.45) is 17.3 Å². The minimum Gasteiger partial charge on any atom is -0.302 e. The van der Waals surface area contributed by atoms with Crippen molar-refractivity contribution in [2.45, 2.75) is 77.0 Å². The molecule has 4 saturated carbocycles. The van der Waals surface area contributed by atoms with Crippen LogP contribution in [0.15, 0.2) is 29.6 Å². The summed E-state index contributed by atoms with van der Waals surface area (Å²) in [5.41, 5.74) is 4.22. The van der Waals surface area contributed by atoms with Gasteiger partial charge in [-0.05, 0) is 68.3 Å². The molecule has 6 rings (SSSR count). The standard InChI is InChI=1S/C25H32N2OS/c1-16-5-7-19(8-6-16)24-10-17-9-18(11-24)13-25(12-17,15-24)20-14-29-22(26-20)27-21(28)23(2,3)4/h5-8,14,17-18H,9-13,15H2,1-4H3,(H,26,27,28)/t17-,18-,24?,25?/m1/s1. The first-order chi connectivity index (χ1) is 13.7. The van der Waals surface area contributed by atoms with Gasteiger partial charge in [0.2, 0.25) is 5.91 Å². The number of amides is 1. The van der Waals surface area contributed by atoms with Crippen LogP contribution in [0, 0.1) is 24.2 Å². The normalized spacial score (nSPS) is 33.1. The molecule has 0 radical (unpaired) electrons. The van der Waals surface area contributed by atoms with Crippen LogP contribution in [0.25, 0.3) is 0 Å². The highest BCUT2D eigenvalue weighted by Crippen LogP contribution is 2.66. The number of rotatable bonds is 3. The third kappa shape index (κ3) is 3.24. The maximum atomic E-state index is 12.4. The summed E-state index contributed by atoms with van der Waals surface area (Å²) in [6.45, 7) is 8.01. The predicted octanol–water partition coefficient (Wildman–Crippen LogP) is 6.23. The average molecular weight is 409 g/mol. The third-order valence-corrected chi connectivity index (χ3v) is 8.43. The van der Waals surface area contributed by atoms with Crippen molar-refractivity contribution < 1.29 is 4.79 Å². The van der Waals surface area contributed by atoms with Crippen LogP contribution in [-0.2, 0) is 15.6 Å². The van der Waals surface area contributed by atoms with Crippen LogP contribution in [0.5, 0.6) is 0 Å². The first-order valence-electron chi connectivity index (χ1n) is 11.0. The van der Waals surface area contributed by atoms with Gasteiger partial charge in [0.05, 0.1) is 5.69 Å². The fourth-order valence-electron chi connectivity index (χ4n) is 6.67. The third-order valence-electron chi connectivity index (χ3n) is 7.67. The van der Waals surface area contributed by atoms with Crippen molar-refractivity contribution in [2.75, 3.05) is 5.32 Å². The zero-order valence-electron chi connectivity index (χ0n) is 18.0. The van der Waals surface area contributed by atoms with Gasteiger partial charge in [-0.15, -0.1) is 11.3 Å². The molecule has 0 saturated heterocycles. The molecule has 0 aliphatic heterocycles. The van der Waals surface area contributed by atoms with Crippen molar-refractivity contribution >= 4 is 22.4 Å². The highest BCUT2D eigenvalue weighted by atomic mass is 32.1. The summed E-state index contributed by atoms with van der Waals surface area (Å²) in [7, 11) is 0. The highest BCUT2D eigenvalue weighted by molar-refractivity contribution is 7.14. The predicted molar refractivity (Wildman–Crippen MR) is 119 cm³/mol. The van der Waals surface area contributed by atoms with Gasteiger partial charge in [-0.25, -0.2) is 4.98 Å². The number of anilines is 1. The van der Waals surface area contributed by atoms with Gasteiger partial charge in [-0.3, -0.25) is 4.79 Å². The van der Waals surface area contributed by atoms with Crippen LogP contribution in [0.4, 0.5) is 5.13 Å². The maximum Gasteiger partial charge on any atom is 0.231 e. The molecule has 4 fully saturated rings. The molecule has 4 aliphatic carbocycles. The Bertz CT molecular complexity index is 922. The molecule has 0 unspecified atom stereocenters. The smallest absolute Gasteiger partial charge is 0.231 e. The highest BCUT2D eigenvalue weighted by Gasteiger charge is 2.59. The quantitative estimate of drug-likeness (QED) is 0.654. The lowest BCUT2D eigenvalue weighted by atomic mass is 9.42. The number of hydrogen-bond donors (Lipinski definition) is 1. The summed E-state index contributed by atoms with van der Waals surface area (Å²) in [5.74, 6) is 1.67. The van der Waals surface area contributed by atoms with Gasteiger partial charge in [0.15, 0.2) is 5.13 Å². The number of thiazole rings is 1. The van der Waals surface area contributed by atoms with E-state index >= 15 is 0 Å². The lowest BCUT2D eigenvalue weighted by molar-refractivity contribution is -0.123.